The average molecular weight is 268 g/mol. The van der Waals surface area contributed by atoms with E-state index in [1.165, 1.54) is 0 Å². The van der Waals surface area contributed by atoms with Crippen LogP contribution in [0.5, 0.6) is 5.75 Å². The summed E-state index contributed by atoms with van der Waals surface area (Å²) in [5, 5.41) is 14.1. The molecule has 0 atom stereocenters. The Morgan fingerprint density at radius 3 is 2.55 bits per heavy atom. The molecule has 2 aromatic carbocycles. The van der Waals surface area contributed by atoms with Crippen molar-refractivity contribution in [1.29, 1.82) is 0 Å². The molecule has 3 heteroatoms. The number of hydrogen-bond acceptors (Lipinski definition) is 3. The van der Waals surface area contributed by atoms with E-state index < -0.39 is 0 Å². The third kappa shape index (κ3) is 3.60. The van der Waals surface area contributed by atoms with Crippen LogP contribution in [0.3, 0.4) is 0 Å². The van der Waals surface area contributed by atoms with Crippen molar-refractivity contribution in [3.8, 4) is 5.75 Å². The van der Waals surface area contributed by atoms with E-state index >= 15 is 0 Å². The summed E-state index contributed by atoms with van der Waals surface area (Å²) in [7, 11) is 0. The lowest BCUT2D eigenvalue weighted by molar-refractivity contribution is 0.471. The van der Waals surface area contributed by atoms with Gasteiger partial charge in [0.15, 0.2) is 0 Å². The summed E-state index contributed by atoms with van der Waals surface area (Å²) < 4.78 is 0. The van der Waals surface area contributed by atoms with Gasteiger partial charge in [0.05, 0.1) is 11.4 Å². The van der Waals surface area contributed by atoms with Gasteiger partial charge in [-0.2, -0.15) is 5.10 Å². The van der Waals surface area contributed by atoms with E-state index in [0.717, 1.165) is 35.4 Å². The van der Waals surface area contributed by atoms with Gasteiger partial charge in [0.25, 0.3) is 0 Å². The number of benzene rings is 2. The Kier molecular flexibility index (Phi) is 4.77. The van der Waals surface area contributed by atoms with Crippen LogP contribution < -0.4 is 5.43 Å². The molecule has 0 aliphatic heterocycles. The zero-order valence-electron chi connectivity index (χ0n) is 11.9. The van der Waals surface area contributed by atoms with Gasteiger partial charge in [0.2, 0.25) is 0 Å². The van der Waals surface area contributed by atoms with Crippen LogP contribution in [0, 0.1) is 6.92 Å². The first-order valence-corrected chi connectivity index (χ1v) is 6.88. The number of aromatic hydroxyl groups is 1. The number of rotatable bonds is 5. The van der Waals surface area contributed by atoms with E-state index in [1.54, 1.807) is 6.07 Å². The highest BCUT2D eigenvalue weighted by Crippen LogP contribution is 2.19. The molecule has 0 bridgehead atoms. The second-order valence-corrected chi connectivity index (χ2v) is 4.79. The SMILES string of the molecule is CCCC(=NNc1ccccc1)c1ccc(O)c(C)c1. The Morgan fingerprint density at radius 2 is 1.90 bits per heavy atom. The topological polar surface area (TPSA) is 44.6 Å². The van der Waals surface area contributed by atoms with Gasteiger partial charge in [0, 0.05) is 0 Å². The fourth-order valence-corrected chi connectivity index (χ4v) is 1.98. The molecular formula is C17H20N2O. The molecular weight excluding hydrogens is 248 g/mol. The monoisotopic (exact) mass is 268 g/mol. The summed E-state index contributed by atoms with van der Waals surface area (Å²) in [5.41, 5.74) is 6.97. The number of aryl methyl sites for hydroxylation is 1. The number of anilines is 1. The van der Waals surface area contributed by atoms with Gasteiger partial charge in [-0.25, -0.2) is 0 Å². The summed E-state index contributed by atoms with van der Waals surface area (Å²) >= 11 is 0. The van der Waals surface area contributed by atoms with Crippen LogP contribution in [0.15, 0.2) is 53.6 Å². The van der Waals surface area contributed by atoms with Gasteiger partial charge in [-0.1, -0.05) is 31.5 Å². The Morgan fingerprint density at radius 1 is 1.15 bits per heavy atom. The molecule has 0 aromatic heterocycles. The molecule has 0 aliphatic rings. The van der Waals surface area contributed by atoms with Crippen molar-refractivity contribution >= 4 is 11.4 Å². The van der Waals surface area contributed by atoms with Crippen LogP contribution in [0.25, 0.3) is 0 Å². The second-order valence-electron chi connectivity index (χ2n) is 4.79. The van der Waals surface area contributed by atoms with E-state index in [9.17, 15) is 5.11 Å². The van der Waals surface area contributed by atoms with Gasteiger partial charge in [-0.05, 0) is 54.8 Å². The molecule has 20 heavy (non-hydrogen) atoms. The summed E-state index contributed by atoms with van der Waals surface area (Å²) in [6.45, 7) is 4.03. The first-order chi connectivity index (χ1) is 9.70. The van der Waals surface area contributed by atoms with Crippen molar-refractivity contribution in [2.45, 2.75) is 26.7 Å². The smallest absolute Gasteiger partial charge is 0.118 e. The zero-order valence-corrected chi connectivity index (χ0v) is 11.9. The second kappa shape index (κ2) is 6.75. The number of hydrazone groups is 1. The Bertz CT molecular complexity index is 591. The first kappa shape index (κ1) is 14.1. The molecule has 2 N–H and O–H groups in total. The Balaban J connectivity index is 2.23. The molecule has 0 aliphatic carbocycles. The number of para-hydroxylation sites is 1. The highest BCUT2D eigenvalue weighted by molar-refractivity contribution is 6.01. The maximum atomic E-state index is 9.61. The first-order valence-electron chi connectivity index (χ1n) is 6.88. The van der Waals surface area contributed by atoms with Crippen LogP contribution in [-0.4, -0.2) is 10.8 Å². The van der Waals surface area contributed by atoms with Crippen molar-refractivity contribution < 1.29 is 5.11 Å². The third-order valence-corrected chi connectivity index (χ3v) is 3.11. The molecule has 0 radical (unpaired) electrons. The fraction of sp³-hybridized carbons (Fsp3) is 0.235. The predicted molar refractivity (Wildman–Crippen MR) is 84.4 cm³/mol. The summed E-state index contributed by atoms with van der Waals surface area (Å²) in [6, 6.07) is 15.5. The largest absolute Gasteiger partial charge is 0.508 e. The van der Waals surface area contributed by atoms with E-state index in [4.69, 9.17) is 0 Å². The third-order valence-electron chi connectivity index (χ3n) is 3.11. The maximum Gasteiger partial charge on any atom is 0.118 e. The van der Waals surface area contributed by atoms with Crippen molar-refractivity contribution in [1.82, 2.24) is 0 Å². The lowest BCUT2D eigenvalue weighted by Crippen LogP contribution is -2.04. The molecule has 104 valence electrons. The number of phenols is 1. The molecule has 0 saturated carbocycles. The van der Waals surface area contributed by atoms with Crippen molar-refractivity contribution in [2.75, 3.05) is 5.43 Å². The van der Waals surface area contributed by atoms with Crippen molar-refractivity contribution in [2.24, 2.45) is 5.10 Å². The van der Waals surface area contributed by atoms with Gasteiger partial charge >= 0.3 is 0 Å². The molecule has 2 aromatic rings. The minimum atomic E-state index is 0.320. The van der Waals surface area contributed by atoms with E-state index in [1.807, 2.05) is 49.4 Å². The normalized spacial score (nSPS) is 11.4. The van der Waals surface area contributed by atoms with Crippen LogP contribution in [-0.2, 0) is 0 Å². The van der Waals surface area contributed by atoms with Crippen molar-refractivity contribution in [3.63, 3.8) is 0 Å². The van der Waals surface area contributed by atoms with Crippen LogP contribution >= 0.6 is 0 Å². The van der Waals surface area contributed by atoms with Crippen LogP contribution in [0.1, 0.15) is 30.9 Å². The molecule has 2 rings (SSSR count). The van der Waals surface area contributed by atoms with E-state index in [-0.39, 0.29) is 0 Å². The van der Waals surface area contributed by atoms with Crippen molar-refractivity contribution in [3.05, 3.63) is 59.7 Å². The lowest BCUT2D eigenvalue weighted by atomic mass is 10.0. The molecule has 0 fully saturated rings. The molecule has 0 saturated heterocycles. The van der Waals surface area contributed by atoms with E-state index in [0.29, 0.717) is 5.75 Å². The fourth-order valence-electron chi connectivity index (χ4n) is 1.98. The average Bonchev–Trinajstić information content (AvgIpc) is 2.47. The lowest BCUT2D eigenvalue weighted by Gasteiger charge is -2.09. The number of phenolic OH excluding ortho intramolecular Hbond substituents is 1. The van der Waals surface area contributed by atoms with Crippen LogP contribution in [0.4, 0.5) is 5.69 Å². The van der Waals surface area contributed by atoms with Gasteiger partial charge in [-0.3, -0.25) is 5.43 Å². The Labute approximate surface area is 120 Å². The highest BCUT2D eigenvalue weighted by Gasteiger charge is 2.05. The standard InChI is InChI=1S/C17H20N2O/c1-3-7-16(14-10-11-17(20)13(2)12-14)19-18-15-8-5-4-6-9-15/h4-6,8-12,18,20H,3,7H2,1-2H3. The summed E-state index contributed by atoms with van der Waals surface area (Å²) in [4.78, 5) is 0. The van der Waals surface area contributed by atoms with E-state index in [2.05, 4.69) is 17.5 Å². The maximum absolute atomic E-state index is 9.61. The minimum Gasteiger partial charge on any atom is -0.508 e. The highest BCUT2D eigenvalue weighted by atomic mass is 16.3. The number of nitrogens with zero attached hydrogens (tertiary/aromatic N) is 1. The van der Waals surface area contributed by atoms with Gasteiger partial charge in [0.1, 0.15) is 5.75 Å². The van der Waals surface area contributed by atoms with Gasteiger partial charge in [-0.15, -0.1) is 0 Å². The number of hydrogen-bond donors (Lipinski definition) is 2. The predicted octanol–water partition coefficient (Wildman–Crippen LogP) is 4.32. The molecule has 3 nitrogen and oxygen atoms in total. The Hall–Kier alpha value is -2.29. The number of nitrogens with one attached hydrogen (secondary N) is 1. The molecule has 0 heterocycles. The molecule has 0 spiro atoms. The molecule has 0 unspecified atom stereocenters. The van der Waals surface area contributed by atoms with Gasteiger partial charge < -0.3 is 5.11 Å². The quantitative estimate of drug-likeness (QED) is 0.626. The minimum absolute atomic E-state index is 0.320. The van der Waals surface area contributed by atoms with Crippen LogP contribution in [0.2, 0.25) is 0 Å². The zero-order chi connectivity index (χ0) is 14.4. The summed E-state index contributed by atoms with van der Waals surface area (Å²) in [6.07, 6.45) is 1.92. The molecule has 0 amide bonds. The summed E-state index contributed by atoms with van der Waals surface area (Å²) in [5.74, 6) is 0.320.